The van der Waals surface area contributed by atoms with Crippen LogP contribution in [-0.2, 0) is 23.1 Å². The van der Waals surface area contributed by atoms with Crippen molar-refractivity contribution in [2.24, 2.45) is 5.41 Å². The lowest BCUT2D eigenvalue weighted by molar-refractivity contribution is -0.148. The van der Waals surface area contributed by atoms with Gasteiger partial charge in [-0.25, -0.2) is 4.79 Å². The van der Waals surface area contributed by atoms with Gasteiger partial charge in [-0.15, -0.1) is 0 Å². The zero-order valence-electron chi connectivity index (χ0n) is 13.3. The van der Waals surface area contributed by atoms with Crippen LogP contribution < -0.4 is 4.74 Å². The smallest absolute Gasteiger partial charge is 0.370 e. The Balaban J connectivity index is 1.85. The average Bonchev–Trinajstić information content (AvgIpc) is 2.50. The number of hydrogen-bond acceptors (Lipinski definition) is 6. The molecule has 1 unspecified atom stereocenters. The van der Waals surface area contributed by atoms with Crippen LogP contribution in [0.1, 0.15) is 20.8 Å². The first-order valence-electron chi connectivity index (χ1n) is 7.17. The van der Waals surface area contributed by atoms with Gasteiger partial charge >= 0.3 is 13.6 Å². The number of carbonyl (C=O) groups is 1. The third-order valence-electron chi connectivity index (χ3n) is 3.20. The van der Waals surface area contributed by atoms with Crippen LogP contribution in [0.15, 0.2) is 24.3 Å². The monoisotopic (exact) mass is 362 g/mol. The van der Waals surface area contributed by atoms with Crippen LogP contribution in [0.4, 0.5) is 0 Å². The topological polar surface area (TPSA) is 71.1 Å². The lowest BCUT2D eigenvalue weighted by Crippen LogP contribution is -2.33. The SMILES string of the molecule is CC(OC(=O)COc1ccccc1Cl)P1(=O)OCC(C)(C)CO1. The molecule has 0 saturated carbocycles. The fourth-order valence-corrected chi connectivity index (χ4v) is 3.80. The molecular formula is C15H20ClO6P. The molecule has 1 aliphatic rings. The van der Waals surface area contributed by atoms with Crippen LogP contribution >= 0.6 is 19.2 Å². The van der Waals surface area contributed by atoms with Crippen LogP contribution in [0.3, 0.4) is 0 Å². The number of para-hydroxylation sites is 1. The highest BCUT2D eigenvalue weighted by Gasteiger charge is 2.42. The lowest BCUT2D eigenvalue weighted by atomic mass is 9.97. The van der Waals surface area contributed by atoms with Crippen molar-refractivity contribution in [1.82, 2.24) is 0 Å². The summed E-state index contributed by atoms with van der Waals surface area (Å²) in [6, 6.07) is 6.77. The first-order valence-corrected chi connectivity index (χ1v) is 9.16. The van der Waals surface area contributed by atoms with Crippen molar-refractivity contribution in [3.8, 4) is 5.75 Å². The van der Waals surface area contributed by atoms with Crippen LogP contribution in [0.5, 0.6) is 5.75 Å². The van der Waals surface area contributed by atoms with Gasteiger partial charge in [-0.05, 0) is 19.1 Å². The Morgan fingerprint density at radius 1 is 1.35 bits per heavy atom. The molecule has 2 rings (SSSR count). The van der Waals surface area contributed by atoms with Gasteiger partial charge in [0.2, 0.25) is 0 Å². The van der Waals surface area contributed by atoms with E-state index in [-0.39, 0.29) is 25.2 Å². The molecule has 23 heavy (non-hydrogen) atoms. The lowest BCUT2D eigenvalue weighted by Gasteiger charge is -2.35. The summed E-state index contributed by atoms with van der Waals surface area (Å²) in [7, 11) is -3.47. The van der Waals surface area contributed by atoms with Gasteiger partial charge in [0, 0.05) is 5.41 Å². The van der Waals surface area contributed by atoms with Gasteiger partial charge in [-0.2, -0.15) is 0 Å². The molecule has 0 spiro atoms. The zero-order valence-corrected chi connectivity index (χ0v) is 14.9. The molecule has 0 N–H and O–H groups in total. The summed E-state index contributed by atoms with van der Waals surface area (Å²) < 4.78 is 33.5. The van der Waals surface area contributed by atoms with E-state index in [4.69, 9.17) is 30.1 Å². The molecule has 128 valence electrons. The minimum atomic E-state index is -3.47. The summed E-state index contributed by atoms with van der Waals surface area (Å²) in [5, 5.41) is 0.391. The number of halogens is 1. The summed E-state index contributed by atoms with van der Waals surface area (Å²) in [5.41, 5.74) is -0.217. The fraction of sp³-hybridized carbons (Fsp3) is 0.533. The molecule has 0 bridgehead atoms. The second-order valence-corrected chi connectivity index (χ2v) is 8.79. The zero-order chi connectivity index (χ0) is 17.1. The van der Waals surface area contributed by atoms with Gasteiger partial charge in [0.1, 0.15) is 5.75 Å². The second-order valence-electron chi connectivity index (χ2n) is 6.06. The number of carbonyl (C=O) groups excluding carboxylic acids is 1. The molecule has 1 atom stereocenters. The van der Waals surface area contributed by atoms with Crippen molar-refractivity contribution in [3.63, 3.8) is 0 Å². The summed E-state index contributed by atoms with van der Waals surface area (Å²) in [6.07, 6.45) is 0. The van der Waals surface area contributed by atoms with E-state index >= 15 is 0 Å². The van der Waals surface area contributed by atoms with Crippen LogP contribution in [0.2, 0.25) is 5.02 Å². The van der Waals surface area contributed by atoms with Gasteiger partial charge in [0.05, 0.1) is 18.2 Å². The molecule has 1 aromatic rings. The van der Waals surface area contributed by atoms with Crippen molar-refractivity contribution < 1.29 is 27.9 Å². The summed E-state index contributed by atoms with van der Waals surface area (Å²) in [6.45, 7) is 5.56. The molecule has 1 aromatic carbocycles. The second kappa shape index (κ2) is 7.22. The van der Waals surface area contributed by atoms with E-state index in [1.54, 1.807) is 24.3 Å². The van der Waals surface area contributed by atoms with E-state index in [0.717, 1.165) is 0 Å². The molecule has 1 heterocycles. The third-order valence-corrected chi connectivity index (χ3v) is 5.49. The third kappa shape index (κ3) is 4.95. The number of hydrogen-bond donors (Lipinski definition) is 0. The van der Waals surface area contributed by atoms with Gasteiger partial charge in [-0.3, -0.25) is 4.57 Å². The van der Waals surface area contributed by atoms with Crippen LogP contribution in [0, 0.1) is 5.41 Å². The first-order chi connectivity index (χ1) is 10.7. The minimum Gasteiger partial charge on any atom is -0.480 e. The fourth-order valence-electron chi connectivity index (χ4n) is 1.81. The highest BCUT2D eigenvalue weighted by atomic mass is 35.5. The van der Waals surface area contributed by atoms with Crippen molar-refractivity contribution in [2.75, 3.05) is 19.8 Å². The maximum Gasteiger partial charge on any atom is 0.370 e. The summed E-state index contributed by atoms with van der Waals surface area (Å²) in [4.78, 5) is 11.8. The number of esters is 1. The van der Waals surface area contributed by atoms with Gasteiger partial charge in [-0.1, -0.05) is 37.6 Å². The summed E-state index contributed by atoms with van der Waals surface area (Å²) >= 11 is 5.92. The normalized spacial score (nSPS) is 20.5. The Bertz CT molecular complexity index is 604. The molecule has 1 fully saturated rings. The molecule has 0 radical (unpaired) electrons. The molecule has 0 aliphatic carbocycles. The maximum atomic E-state index is 12.5. The molecule has 8 heteroatoms. The Morgan fingerprint density at radius 2 is 1.96 bits per heavy atom. The number of benzene rings is 1. The van der Waals surface area contributed by atoms with Gasteiger partial charge in [0.15, 0.2) is 12.5 Å². The average molecular weight is 363 g/mol. The highest BCUT2D eigenvalue weighted by molar-refractivity contribution is 7.54. The van der Waals surface area contributed by atoms with Gasteiger partial charge < -0.3 is 18.5 Å². The van der Waals surface area contributed by atoms with Crippen LogP contribution in [-0.4, -0.2) is 31.6 Å². The van der Waals surface area contributed by atoms with Crippen LogP contribution in [0.25, 0.3) is 0 Å². The molecule has 1 saturated heterocycles. The molecule has 0 amide bonds. The number of rotatable bonds is 5. The highest BCUT2D eigenvalue weighted by Crippen LogP contribution is 2.57. The maximum absolute atomic E-state index is 12.5. The van der Waals surface area contributed by atoms with E-state index in [1.807, 2.05) is 13.8 Å². The van der Waals surface area contributed by atoms with E-state index in [0.29, 0.717) is 10.8 Å². The number of ether oxygens (including phenoxy) is 2. The van der Waals surface area contributed by atoms with E-state index in [1.165, 1.54) is 6.92 Å². The summed E-state index contributed by atoms with van der Waals surface area (Å²) in [5.74, 6) is -1.30. The Morgan fingerprint density at radius 3 is 2.57 bits per heavy atom. The van der Waals surface area contributed by atoms with E-state index in [9.17, 15) is 9.36 Å². The van der Waals surface area contributed by atoms with Crippen molar-refractivity contribution in [1.29, 1.82) is 0 Å². The minimum absolute atomic E-state index is 0.217. The van der Waals surface area contributed by atoms with Crippen molar-refractivity contribution in [3.05, 3.63) is 29.3 Å². The Labute approximate surface area is 140 Å². The van der Waals surface area contributed by atoms with E-state index < -0.39 is 19.4 Å². The van der Waals surface area contributed by atoms with Gasteiger partial charge in [0.25, 0.3) is 0 Å². The largest absolute Gasteiger partial charge is 0.480 e. The molecule has 1 aliphatic heterocycles. The molecule has 6 nitrogen and oxygen atoms in total. The predicted molar refractivity (Wildman–Crippen MR) is 85.8 cm³/mol. The van der Waals surface area contributed by atoms with Crippen molar-refractivity contribution >= 4 is 25.2 Å². The molecule has 0 aromatic heterocycles. The first kappa shape index (κ1) is 18.3. The van der Waals surface area contributed by atoms with E-state index in [2.05, 4.69) is 0 Å². The predicted octanol–water partition coefficient (Wildman–Crippen LogP) is 3.87. The Kier molecular flexibility index (Phi) is 5.74. The quantitative estimate of drug-likeness (QED) is 0.585. The molecular weight excluding hydrogens is 343 g/mol. The standard InChI is InChI=1S/C15H20ClO6P/c1-11(23(18)20-9-15(2,3)10-21-23)22-14(17)8-19-13-7-5-4-6-12(13)16/h4-7,11H,8-10H2,1-3H3. The Hall–Kier alpha value is -1.07. The van der Waals surface area contributed by atoms with Crippen molar-refractivity contribution in [2.45, 2.75) is 26.6 Å².